The van der Waals surface area contributed by atoms with Crippen molar-refractivity contribution in [3.63, 3.8) is 0 Å². The van der Waals surface area contributed by atoms with Crippen LogP contribution >= 0.6 is 0 Å². The van der Waals surface area contributed by atoms with Crippen LogP contribution < -0.4 is 0 Å². The number of hydrogen-bond donors (Lipinski definition) is 0. The van der Waals surface area contributed by atoms with Gasteiger partial charge in [0.05, 0.1) is 13.1 Å². The quantitative estimate of drug-likeness (QED) is 0.442. The molecule has 4 heteroatoms. The molecule has 0 aromatic rings. The van der Waals surface area contributed by atoms with Crippen LogP contribution in [0.4, 0.5) is 0 Å². The maximum atomic E-state index is 9.87. The van der Waals surface area contributed by atoms with E-state index in [1.54, 1.807) is 0 Å². The third-order valence-corrected chi connectivity index (χ3v) is 1.82. The van der Waals surface area contributed by atoms with Crippen molar-refractivity contribution in [2.24, 2.45) is 15.9 Å². The van der Waals surface area contributed by atoms with Gasteiger partial charge in [-0.3, -0.25) is 0 Å². The predicted octanol–water partition coefficient (Wildman–Crippen LogP) is 1.46. The molecule has 72 valence electrons. The summed E-state index contributed by atoms with van der Waals surface area (Å²) in [6.07, 6.45) is 5.83. The third kappa shape index (κ3) is 7.13. The van der Waals surface area contributed by atoms with Crippen LogP contribution in [0.1, 0.15) is 26.2 Å². The molecular formula is C9H14N2O2. The van der Waals surface area contributed by atoms with Crippen molar-refractivity contribution in [1.82, 2.24) is 0 Å². The second-order valence-electron chi connectivity index (χ2n) is 2.85. The summed E-state index contributed by atoms with van der Waals surface area (Å²) in [6.45, 7) is 3.04. The largest absolute Gasteiger partial charge is 0.234 e. The number of rotatable bonds is 7. The van der Waals surface area contributed by atoms with Crippen LogP contribution in [0.25, 0.3) is 0 Å². The third-order valence-electron chi connectivity index (χ3n) is 1.82. The Labute approximate surface area is 77.8 Å². The van der Waals surface area contributed by atoms with Crippen molar-refractivity contribution in [3.8, 4) is 0 Å². The zero-order valence-corrected chi connectivity index (χ0v) is 7.82. The predicted molar refractivity (Wildman–Crippen MR) is 49.0 cm³/mol. The van der Waals surface area contributed by atoms with Crippen LogP contribution in [0.3, 0.4) is 0 Å². The van der Waals surface area contributed by atoms with E-state index in [0.29, 0.717) is 19.0 Å². The summed E-state index contributed by atoms with van der Waals surface area (Å²) in [7, 11) is 0. The molecule has 0 aromatic heterocycles. The van der Waals surface area contributed by atoms with Crippen molar-refractivity contribution in [3.05, 3.63) is 0 Å². The normalized spacial score (nSPS) is 11.2. The molecule has 0 fully saturated rings. The fourth-order valence-corrected chi connectivity index (χ4v) is 1.19. The first-order chi connectivity index (χ1) is 6.35. The molecule has 0 aliphatic carbocycles. The van der Waals surface area contributed by atoms with Crippen molar-refractivity contribution >= 4 is 12.2 Å². The fraction of sp³-hybridized carbons (Fsp3) is 0.778. The molecular weight excluding hydrogens is 168 g/mol. The zero-order chi connectivity index (χ0) is 9.94. The summed E-state index contributed by atoms with van der Waals surface area (Å²) in [4.78, 5) is 26.6. The van der Waals surface area contributed by atoms with E-state index < -0.39 is 0 Å². The first kappa shape index (κ1) is 11.8. The maximum absolute atomic E-state index is 9.87. The molecule has 0 N–H and O–H groups in total. The van der Waals surface area contributed by atoms with Gasteiger partial charge in [-0.2, -0.15) is 0 Å². The topological polar surface area (TPSA) is 58.9 Å². The molecule has 0 aliphatic heterocycles. The minimum absolute atomic E-state index is 0.337. The van der Waals surface area contributed by atoms with Gasteiger partial charge in [0.15, 0.2) is 0 Å². The second-order valence-corrected chi connectivity index (χ2v) is 2.85. The number of aliphatic imine (C=N–C) groups is 2. The van der Waals surface area contributed by atoms with Crippen LogP contribution in [0.2, 0.25) is 0 Å². The van der Waals surface area contributed by atoms with E-state index in [-0.39, 0.29) is 0 Å². The average Bonchev–Trinajstić information content (AvgIpc) is 2.14. The number of carbonyl (C=O) groups excluding carboxylic acids is 2. The minimum Gasteiger partial charge on any atom is -0.211 e. The number of nitrogens with zero attached hydrogens (tertiary/aromatic N) is 2. The Hall–Kier alpha value is -1.24. The molecule has 0 heterocycles. The van der Waals surface area contributed by atoms with Gasteiger partial charge in [-0.25, -0.2) is 19.6 Å². The molecule has 0 aliphatic rings. The lowest BCUT2D eigenvalue weighted by Gasteiger charge is -2.09. The molecule has 0 bridgehead atoms. The van der Waals surface area contributed by atoms with Gasteiger partial charge in [-0.05, 0) is 18.8 Å². The Balaban J connectivity index is 3.77. The van der Waals surface area contributed by atoms with Crippen molar-refractivity contribution in [1.29, 1.82) is 0 Å². The Morgan fingerprint density at radius 1 is 1.15 bits per heavy atom. The van der Waals surface area contributed by atoms with E-state index in [4.69, 9.17) is 0 Å². The van der Waals surface area contributed by atoms with Crippen molar-refractivity contribution in [2.45, 2.75) is 26.2 Å². The lowest BCUT2D eigenvalue weighted by molar-refractivity contribution is 0.459. The van der Waals surface area contributed by atoms with Crippen LogP contribution in [0.15, 0.2) is 9.98 Å². The molecule has 0 spiro atoms. The van der Waals surface area contributed by atoms with Crippen LogP contribution in [-0.4, -0.2) is 25.2 Å². The first-order valence-electron chi connectivity index (χ1n) is 4.42. The molecule has 0 rings (SSSR count). The number of hydrogen-bond acceptors (Lipinski definition) is 4. The first-order valence-corrected chi connectivity index (χ1v) is 4.42. The molecule has 13 heavy (non-hydrogen) atoms. The summed E-state index contributed by atoms with van der Waals surface area (Å²) in [6, 6.07) is 0. The van der Waals surface area contributed by atoms with E-state index in [9.17, 15) is 9.59 Å². The Morgan fingerprint density at radius 2 is 1.85 bits per heavy atom. The molecule has 0 amide bonds. The second kappa shape index (κ2) is 8.85. The highest BCUT2D eigenvalue weighted by Gasteiger charge is 2.05. The zero-order valence-electron chi connectivity index (χ0n) is 7.82. The molecule has 0 saturated heterocycles. The highest BCUT2D eigenvalue weighted by Crippen LogP contribution is 2.11. The van der Waals surface area contributed by atoms with E-state index in [2.05, 4.69) is 16.9 Å². The van der Waals surface area contributed by atoms with Gasteiger partial charge in [0.2, 0.25) is 12.2 Å². The lowest BCUT2D eigenvalue weighted by atomic mass is 10.0. The van der Waals surface area contributed by atoms with E-state index in [1.165, 1.54) is 12.2 Å². The highest BCUT2D eigenvalue weighted by molar-refractivity contribution is 5.33. The van der Waals surface area contributed by atoms with Gasteiger partial charge >= 0.3 is 0 Å². The highest BCUT2D eigenvalue weighted by atomic mass is 16.1. The molecule has 4 nitrogen and oxygen atoms in total. The molecule has 1 atom stereocenters. The summed E-state index contributed by atoms with van der Waals surface area (Å²) in [5.74, 6) is 0.337. The van der Waals surface area contributed by atoms with Crippen LogP contribution in [0.5, 0.6) is 0 Å². The summed E-state index contributed by atoms with van der Waals surface area (Å²) >= 11 is 0. The van der Waals surface area contributed by atoms with Gasteiger partial charge in [0.25, 0.3) is 0 Å². The smallest absolute Gasteiger partial charge is 0.211 e. The standard InChI is InChI=1S/C9H14N2O2/c1-2-3-9(6-11-8-13)4-5-10-7-12/h9H,2-6H2,1H3. The Morgan fingerprint density at radius 3 is 2.38 bits per heavy atom. The fourth-order valence-electron chi connectivity index (χ4n) is 1.19. The maximum Gasteiger partial charge on any atom is 0.234 e. The van der Waals surface area contributed by atoms with Gasteiger partial charge in [0, 0.05) is 0 Å². The van der Waals surface area contributed by atoms with Crippen molar-refractivity contribution < 1.29 is 9.59 Å². The van der Waals surface area contributed by atoms with Gasteiger partial charge in [0.1, 0.15) is 0 Å². The minimum atomic E-state index is 0.337. The van der Waals surface area contributed by atoms with E-state index in [1.807, 2.05) is 0 Å². The van der Waals surface area contributed by atoms with E-state index >= 15 is 0 Å². The Kier molecular flexibility index (Phi) is 8.01. The monoisotopic (exact) mass is 182 g/mol. The van der Waals surface area contributed by atoms with Gasteiger partial charge in [-0.1, -0.05) is 13.3 Å². The molecule has 0 aromatic carbocycles. The molecule has 1 unspecified atom stereocenters. The van der Waals surface area contributed by atoms with Crippen molar-refractivity contribution in [2.75, 3.05) is 13.1 Å². The van der Waals surface area contributed by atoms with Crippen LogP contribution in [0, 0.1) is 5.92 Å². The lowest BCUT2D eigenvalue weighted by Crippen LogP contribution is -2.06. The van der Waals surface area contributed by atoms with Crippen LogP contribution in [-0.2, 0) is 9.59 Å². The Bertz CT molecular complexity index is 216. The molecule has 0 saturated carbocycles. The summed E-state index contributed by atoms with van der Waals surface area (Å²) < 4.78 is 0. The van der Waals surface area contributed by atoms with E-state index in [0.717, 1.165) is 19.3 Å². The summed E-state index contributed by atoms with van der Waals surface area (Å²) in [5, 5.41) is 0. The average molecular weight is 182 g/mol. The number of isocyanates is 2. The van der Waals surface area contributed by atoms with Gasteiger partial charge < -0.3 is 0 Å². The van der Waals surface area contributed by atoms with Gasteiger partial charge in [-0.15, -0.1) is 0 Å². The molecule has 0 radical (unpaired) electrons. The SMILES string of the molecule is CCCC(CCN=C=O)CN=C=O. The summed E-state index contributed by atoms with van der Waals surface area (Å²) in [5.41, 5.74) is 0.